The summed E-state index contributed by atoms with van der Waals surface area (Å²) in [6.07, 6.45) is -1.04. The molecule has 2 rings (SSSR count). The molecule has 0 aliphatic heterocycles. The van der Waals surface area contributed by atoms with Gasteiger partial charge in [0.1, 0.15) is 5.75 Å². The summed E-state index contributed by atoms with van der Waals surface area (Å²) in [6.45, 7) is 1.69. The van der Waals surface area contributed by atoms with E-state index in [0.717, 1.165) is 11.6 Å². The third-order valence-corrected chi connectivity index (χ3v) is 3.57. The summed E-state index contributed by atoms with van der Waals surface area (Å²) in [4.78, 5) is 34.2. The molecule has 8 heteroatoms. The molecule has 0 saturated heterocycles. The maximum absolute atomic E-state index is 12.1. The summed E-state index contributed by atoms with van der Waals surface area (Å²) in [5, 5.41) is 13.4. The molecule has 1 N–H and O–H groups in total. The van der Waals surface area contributed by atoms with Crippen molar-refractivity contribution in [3.63, 3.8) is 0 Å². The zero-order chi connectivity index (χ0) is 19.1. The Balaban J connectivity index is 1.90. The molecule has 2 aromatic carbocycles. The van der Waals surface area contributed by atoms with Crippen molar-refractivity contribution in [2.45, 2.75) is 19.6 Å². The van der Waals surface area contributed by atoms with Crippen LogP contribution in [0.4, 0.5) is 5.69 Å². The Morgan fingerprint density at radius 2 is 1.88 bits per heavy atom. The highest BCUT2D eigenvalue weighted by Gasteiger charge is 2.20. The number of non-ortho nitro benzene ring substituents is 1. The van der Waals surface area contributed by atoms with Gasteiger partial charge in [-0.1, -0.05) is 18.2 Å². The summed E-state index contributed by atoms with van der Waals surface area (Å²) in [6, 6.07) is 12.3. The number of nitrogens with one attached hydrogen (secondary N) is 1. The molecule has 0 aliphatic rings. The van der Waals surface area contributed by atoms with E-state index in [4.69, 9.17) is 9.47 Å². The van der Waals surface area contributed by atoms with Gasteiger partial charge in [0.05, 0.1) is 17.6 Å². The molecule has 0 aromatic heterocycles. The molecule has 0 unspecified atom stereocenters. The molecule has 2 aromatic rings. The van der Waals surface area contributed by atoms with Crippen LogP contribution in [0.5, 0.6) is 5.75 Å². The van der Waals surface area contributed by atoms with E-state index in [-0.39, 0.29) is 17.8 Å². The highest BCUT2D eigenvalue weighted by molar-refractivity contribution is 5.92. The molecule has 1 atom stereocenters. The number of esters is 1. The van der Waals surface area contributed by atoms with Gasteiger partial charge in [-0.3, -0.25) is 14.9 Å². The zero-order valence-corrected chi connectivity index (χ0v) is 14.3. The van der Waals surface area contributed by atoms with Crippen LogP contribution in [0.3, 0.4) is 0 Å². The lowest BCUT2D eigenvalue weighted by Crippen LogP contribution is -2.35. The van der Waals surface area contributed by atoms with Crippen molar-refractivity contribution in [3.8, 4) is 5.75 Å². The first-order valence-electron chi connectivity index (χ1n) is 7.77. The van der Waals surface area contributed by atoms with Crippen molar-refractivity contribution in [2.24, 2.45) is 0 Å². The molecule has 8 nitrogen and oxygen atoms in total. The van der Waals surface area contributed by atoms with Crippen LogP contribution in [0, 0.1) is 10.1 Å². The number of benzene rings is 2. The minimum absolute atomic E-state index is 0.00834. The van der Waals surface area contributed by atoms with E-state index in [1.165, 1.54) is 25.1 Å². The van der Waals surface area contributed by atoms with Crippen molar-refractivity contribution in [1.82, 2.24) is 5.32 Å². The smallest absolute Gasteiger partial charge is 0.339 e. The molecule has 0 heterocycles. The fraction of sp³-hybridized carbons (Fsp3) is 0.222. The second-order valence-electron chi connectivity index (χ2n) is 5.42. The summed E-state index contributed by atoms with van der Waals surface area (Å²) >= 11 is 0. The Kier molecular flexibility index (Phi) is 6.26. The van der Waals surface area contributed by atoms with Crippen molar-refractivity contribution in [1.29, 1.82) is 0 Å². The van der Waals surface area contributed by atoms with Crippen LogP contribution in [-0.2, 0) is 16.1 Å². The first-order chi connectivity index (χ1) is 12.4. The first kappa shape index (κ1) is 18.9. The summed E-state index contributed by atoms with van der Waals surface area (Å²) in [5.41, 5.74) is 0.640. The van der Waals surface area contributed by atoms with Crippen LogP contribution in [0.25, 0.3) is 0 Å². The van der Waals surface area contributed by atoms with Crippen LogP contribution in [-0.4, -0.2) is 30.0 Å². The molecule has 26 heavy (non-hydrogen) atoms. The number of amides is 1. The number of nitro groups is 1. The minimum atomic E-state index is -1.04. The van der Waals surface area contributed by atoms with Gasteiger partial charge in [-0.05, 0) is 30.7 Å². The van der Waals surface area contributed by atoms with Crippen LogP contribution >= 0.6 is 0 Å². The number of hydrogen-bond acceptors (Lipinski definition) is 6. The van der Waals surface area contributed by atoms with Crippen LogP contribution in [0.1, 0.15) is 22.8 Å². The summed E-state index contributed by atoms with van der Waals surface area (Å²) in [7, 11) is 1.56. The van der Waals surface area contributed by atoms with E-state index in [2.05, 4.69) is 5.32 Å². The second-order valence-corrected chi connectivity index (χ2v) is 5.42. The lowest BCUT2D eigenvalue weighted by atomic mass is 10.2. The monoisotopic (exact) mass is 358 g/mol. The van der Waals surface area contributed by atoms with Gasteiger partial charge < -0.3 is 14.8 Å². The maximum atomic E-state index is 12.1. The molecule has 1 amide bonds. The van der Waals surface area contributed by atoms with Crippen molar-refractivity contribution >= 4 is 17.6 Å². The highest BCUT2D eigenvalue weighted by Crippen LogP contribution is 2.15. The normalized spacial score (nSPS) is 11.3. The van der Waals surface area contributed by atoms with E-state index >= 15 is 0 Å². The SMILES string of the molecule is COc1ccc(CNC(=O)[C@H](C)OC(=O)c2cccc([N+](=O)[O-])c2)cc1. The zero-order valence-electron chi connectivity index (χ0n) is 14.3. The van der Waals surface area contributed by atoms with Crippen molar-refractivity contribution < 1.29 is 24.0 Å². The summed E-state index contributed by atoms with van der Waals surface area (Å²) in [5.74, 6) is -0.570. The third-order valence-electron chi connectivity index (χ3n) is 3.57. The standard InChI is InChI=1S/C18H18N2O6/c1-12(17(21)19-11-13-6-8-16(25-2)9-7-13)26-18(22)14-4-3-5-15(10-14)20(23)24/h3-10,12H,11H2,1-2H3,(H,19,21)/t12-/m0/s1. The number of methoxy groups -OCH3 is 1. The molecule has 136 valence electrons. The van der Waals surface area contributed by atoms with Gasteiger partial charge in [-0.2, -0.15) is 0 Å². The first-order valence-corrected chi connectivity index (χ1v) is 7.77. The van der Waals surface area contributed by atoms with Gasteiger partial charge in [-0.25, -0.2) is 4.79 Å². The van der Waals surface area contributed by atoms with E-state index in [1.54, 1.807) is 31.4 Å². The van der Waals surface area contributed by atoms with Crippen LogP contribution in [0.2, 0.25) is 0 Å². The Bertz CT molecular complexity index is 804. The predicted molar refractivity (Wildman–Crippen MR) is 92.8 cm³/mol. The molecular weight excluding hydrogens is 340 g/mol. The van der Waals surface area contributed by atoms with Crippen LogP contribution < -0.4 is 10.1 Å². The number of hydrogen-bond donors (Lipinski definition) is 1. The van der Waals surface area contributed by atoms with E-state index in [9.17, 15) is 19.7 Å². The highest BCUT2D eigenvalue weighted by atomic mass is 16.6. The minimum Gasteiger partial charge on any atom is -0.497 e. The topological polar surface area (TPSA) is 108 Å². The van der Waals surface area contributed by atoms with Gasteiger partial charge in [0.2, 0.25) is 0 Å². The third kappa shape index (κ3) is 5.04. The molecule has 0 bridgehead atoms. The van der Waals surface area contributed by atoms with Crippen molar-refractivity contribution in [3.05, 3.63) is 69.8 Å². The molecule has 0 aliphatic carbocycles. The van der Waals surface area contributed by atoms with E-state index in [0.29, 0.717) is 5.75 Å². The lowest BCUT2D eigenvalue weighted by Gasteiger charge is -2.13. The number of carbonyl (C=O) groups is 2. The van der Waals surface area contributed by atoms with Gasteiger partial charge >= 0.3 is 5.97 Å². The lowest BCUT2D eigenvalue weighted by molar-refractivity contribution is -0.384. The number of nitrogens with zero attached hydrogens (tertiary/aromatic N) is 1. The van der Waals surface area contributed by atoms with Crippen molar-refractivity contribution in [2.75, 3.05) is 7.11 Å². The molecule has 0 radical (unpaired) electrons. The fourth-order valence-electron chi connectivity index (χ4n) is 2.10. The predicted octanol–water partition coefficient (Wildman–Crippen LogP) is 2.47. The van der Waals surface area contributed by atoms with Gasteiger partial charge in [0, 0.05) is 18.7 Å². The Morgan fingerprint density at radius 1 is 1.19 bits per heavy atom. The molecule has 0 saturated carbocycles. The Morgan fingerprint density at radius 3 is 2.50 bits per heavy atom. The van der Waals surface area contributed by atoms with Crippen LogP contribution in [0.15, 0.2) is 48.5 Å². The fourth-order valence-corrected chi connectivity index (χ4v) is 2.10. The number of rotatable bonds is 7. The quantitative estimate of drug-likeness (QED) is 0.463. The molecule has 0 fully saturated rings. The number of nitro benzene ring substituents is 1. The summed E-state index contributed by atoms with van der Waals surface area (Å²) < 4.78 is 10.1. The second kappa shape index (κ2) is 8.61. The van der Waals surface area contributed by atoms with Gasteiger partial charge in [0.25, 0.3) is 11.6 Å². The molecular formula is C18H18N2O6. The Hall–Kier alpha value is -3.42. The number of ether oxygens (including phenoxy) is 2. The van der Waals surface area contributed by atoms with Gasteiger partial charge in [-0.15, -0.1) is 0 Å². The van der Waals surface area contributed by atoms with Gasteiger partial charge in [0.15, 0.2) is 6.10 Å². The average Bonchev–Trinajstić information content (AvgIpc) is 2.66. The maximum Gasteiger partial charge on any atom is 0.339 e. The number of carbonyl (C=O) groups excluding carboxylic acids is 2. The Labute approximate surface area is 149 Å². The van der Waals surface area contributed by atoms with E-state index < -0.39 is 22.9 Å². The average molecular weight is 358 g/mol. The largest absolute Gasteiger partial charge is 0.497 e. The molecule has 0 spiro atoms. The van der Waals surface area contributed by atoms with E-state index in [1.807, 2.05) is 0 Å².